The number of carbonyl (C=O) groups is 2. The highest BCUT2D eigenvalue weighted by molar-refractivity contribution is 5.73. The minimum absolute atomic E-state index is 0.0632. The fourth-order valence-corrected chi connectivity index (χ4v) is 1.79. The van der Waals surface area contributed by atoms with Gasteiger partial charge in [-0.15, -0.1) is 0 Å². The van der Waals surface area contributed by atoms with Crippen LogP contribution < -0.4 is 11.1 Å². The molecular weight excluding hydrogens is 236 g/mol. The lowest BCUT2D eigenvalue weighted by atomic mass is 10.0. The molecule has 3 N–H and O–H groups in total. The molecule has 104 valence electrons. The molecule has 0 aliphatic carbocycles. The molecule has 0 saturated carbocycles. The van der Waals surface area contributed by atoms with Crippen LogP contribution in [0.5, 0.6) is 0 Å². The number of nitrogens with one attached hydrogen (secondary N) is 1. The van der Waals surface area contributed by atoms with Crippen LogP contribution in [0, 0.1) is 5.92 Å². The molecule has 1 unspecified atom stereocenters. The van der Waals surface area contributed by atoms with Crippen LogP contribution in [0.4, 0.5) is 0 Å². The molecule has 6 heteroatoms. The lowest BCUT2D eigenvalue weighted by molar-refractivity contribution is -0.155. The Morgan fingerprint density at radius 3 is 2.72 bits per heavy atom. The maximum atomic E-state index is 11.6. The van der Waals surface area contributed by atoms with Crippen LogP contribution in [0.1, 0.15) is 25.7 Å². The van der Waals surface area contributed by atoms with Gasteiger partial charge in [0.05, 0.1) is 5.92 Å². The summed E-state index contributed by atoms with van der Waals surface area (Å²) in [5.74, 6) is -0.567. The summed E-state index contributed by atoms with van der Waals surface area (Å²) >= 11 is 0. The standard InChI is InChI=1S/C12H22N2O4/c13-5-1-4-11(15)17-7-8-18-12(16)10-3-2-6-14-9-10/h10,14H,1-9,13H2. The van der Waals surface area contributed by atoms with Crippen LogP contribution in [-0.4, -0.2) is 44.8 Å². The minimum atomic E-state index is -0.296. The first kappa shape index (κ1) is 14.9. The van der Waals surface area contributed by atoms with Crippen LogP contribution in [0.2, 0.25) is 0 Å². The first-order valence-electron chi connectivity index (χ1n) is 6.47. The third-order valence-electron chi connectivity index (χ3n) is 2.81. The van der Waals surface area contributed by atoms with Crippen LogP contribution in [-0.2, 0) is 19.1 Å². The second kappa shape index (κ2) is 8.88. The molecule has 0 bridgehead atoms. The first-order valence-corrected chi connectivity index (χ1v) is 6.47. The third kappa shape index (κ3) is 5.97. The Hall–Kier alpha value is -1.14. The van der Waals surface area contributed by atoms with Gasteiger partial charge in [0.25, 0.3) is 0 Å². The molecule has 1 rings (SSSR count). The molecule has 1 aliphatic heterocycles. The van der Waals surface area contributed by atoms with E-state index in [9.17, 15) is 9.59 Å². The van der Waals surface area contributed by atoms with E-state index in [0.29, 0.717) is 25.9 Å². The second-order valence-electron chi connectivity index (χ2n) is 4.32. The predicted octanol–water partition coefficient (Wildman–Crippen LogP) is -0.189. The number of rotatable bonds is 7. The summed E-state index contributed by atoms with van der Waals surface area (Å²) in [5.41, 5.74) is 5.27. The van der Waals surface area contributed by atoms with E-state index in [4.69, 9.17) is 15.2 Å². The van der Waals surface area contributed by atoms with Crippen molar-refractivity contribution in [2.24, 2.45) is 11.7 Å². The maximum Gasteiger partial charge on any atom is 0.310 e. The zero-order valence-corrected chi connectivity index (χ0v) is 10.7. The third-order valence-corrected chi connectivity index (χ3v) is 2.81. The van der Waals surface area contributed by atoms with E-state index in [2.05, 4.69) is 5.32 Å². The van der Waals surface area contributed by atoms with Crippen molar-refractivity contribution in [1.82, 2.24) is 5.32 Å². The van der Waals surface area contributed by atoms with Gasteiger partial charge in [0.15, 0.2) is 0 Å². The van der Waals surface area contributed by atoms with Crippen LogP contribution in [0.15, 0.2) is 0 Å². The number of esters is 2. The van der Waals surface area contributed by atoms with Gasteiger partial charge in [-0.1, -0.05) is 0 Å². The Labute approximate surface area is 107 Å². The van der Waals surface area contributed by atoms with Crippen LogP contribution in [0.3, 0.4) is 0 Å². The molecule has 1 atom stereocenters. The molecule has 6 nitrogen and oxygen atoms in total. The van der Waals surface area contributed by atoms with Crippen molar-refractivity contribution in [3.05, 3.63) is 0 Å². The molecule has 0 amide bonds. The lowest BCUT2D eigenvalue weighted by Crippen LogP contribution is -2.35. The van der Waals surface area contributed by atoms with E-state index < -0.39 is 0 Å². The summed E-state index contributed by atoms with van der Waals surface area (Å²) in [5, 5.41) is 3.15. The zero-order valence-electron chi connectivity index (χ0n) is 10.7. The predicted molar refractivity (Wildman–Crippen MR) is 65.8 cm³/mol. The van der Waals surface area contributed by atoms with Crippen molar-refractivity contribution in [2.75, 3.05) is 32.8 Å². The SMILES string of the molecule is NCCCC(=O)OCCOC(=O)C1CCCNC1. The summed E-state index contributed by atoms with van der Waals surface area (Å²) in [7, 11) is 0. The molecular formula is C12H22N2O4. The number of carbonyl (C=O) groups excluding carboxylic acids is 2. The van der Waals surface area contributed by atoms with Gasteiger partial charge in [-0.05, 0) is 32.4 Å². The van der Waals surface area contributed by atoms with Crippen molar-refractivity contribution >= 4 is 11.9 Å². The Morgan fingerprint density at radius 1 is 1.28 bits per heavy atom. The Morgan fingerprint density at radius 2 is 2.06 bits per heavy atom. The Kier molecular flexibility index (Phi) is 7.36. The average Bonchev–Trinajstić information content (AvgIpc) is 2.42. The zero-order chi connectivity index (χ0) is 13.2. The molecule has 0 aromatic rings. The molecule has 1 aliphatic rings. The quantitative estimate of drug-likeness (QED) is 0.486. The monoisotopic (exact) mass is 258 g/mol. The number of hydrogen-bond acceptors (Lipinski definition) is 6. The summed E-state index contributed by atoms with van der Waals surface area (Å²) in [4.78, 5) is 22.7. The van der Waals surface area contributed by atoms with Crippen molar-refractivity contribution in [2.45, 2.75) is 25.7 Å². The van der Waals surface area contributed by atoms with Gasteiger partial charge in [0.1, 0.15) is 13.2 Å². The van der Waals surface area contributed by atoms with Crippen molar-refractivity contribution < 1.29 is 19.1 Å². The molecule has 0 aromatic heterocycles. The molecule has 1 heterocycles. The minimum Gasteiger partial charge on any atom is -0.462 e. The van der Waals surface area contributed by atoms with Crippen LogP contribution >= 0.6 is 0 Å². The molecule has 1 fully saturated rings. The van der Waals surface area contributed by atoms with Gasteiger partial charge >= 0.3 is 11.9 Å². The number of piperidine rings is 1. The first-order chi connectivity index (χ1) is 8.74. The topological polar surface area (TPSA) is 90.7 Å². The van der Waals surface area contributed by atoms with E-state index in [1.165, 1.54) is 0 Å². The van der Waals surface area contributed by atoms with E-state index in [1.54, 1.807) is 0 Å². The largest absolute Gasteiger partial charge is 0.462 e. The highest BCUT2D eigenvalue weighted by Gasteiger charge is 2.22. The molecule has 1 saturated heterocycles. The van der Waals surface area contributed by atoms with Gasteiger partial charge in [0.2, 0.25) is 0 Å². The highest BCUT2D eigenvalue weighted by atomic mass is 16.6. The average molecular weight is 258 g/mol. The highest BCUT2D eigenvalue weighted by Crippen LogP contribution is 2.11. The Bertz CT molecular complexity index is 265. The van der Waals surface area contributed by atoms with Gasteiger partial charge in [-0.3, -0.25) is 9.59 Å². The molecule has 0 aromatic carbocycles. The van der Waals surface area contributed by atoms with Gasteiger partial charge in [-0.25, -0.2) is 0 Å². The second-order valence-corrected chi connectivity index (χ2v) is 4.32. The van der Waals surface area contributed by atoms with E-state index >= 15 is 0 Å². The lowest BCUT2D eigenvalue weighted by Gasteiger charge is -2.20. The van der Waals surface area contributed by atoms with Crippen molar-refractivity contribution in [1.29, 1.82) is 0 Å². The van der Waals surface area contributed by atoms with Gasteiger partial charge in [-0.2, -0.15) is 0 Å². The molecule has 18 heavy (non-hydrogen) atoms. The summed E-state index contributed by atoms with van der Waals surface area (Å²) in [6.07, 6.45) is 2.79. The number of ether oxygens (including phenoxy) is 2. The van der Waals surface area contributed by atoms with Gasteiger partial charge < -0.3 is 20.5 Å². The smallest absolute Gasteiger partial charge is 0.310 e. The van der Waals surface area contributed by atoms with Crippen molar-refractivity contribution in [3.63, 3.8) is 0 Å². The fraction of sp³-hybridized carbons (Fsp3) is 0.833. The number of nitrogens with two attached hydrogens (primary N) is 1. The maximum absolute atomic E-state index is 11.6. The van der Waals surface area contributed by atoms with Gasteiger partial charge in [0, 0.05) is 13.0 Å². The van der Waals surface area contributed by atoms with E-state index in [-0.39, 0.29) is 31.1 Å². The normalized spacial score (nSPS) is 19.3. The summed E-state index contributed by atoms with van der Waals surface area (Å²) < 4.78 is 9.95. The Balaban J connectivity index is 2.02. The summed E-state index contributed by atoms with van der Waals surface area (Å²) in [6, 6.07) is 0. The fourth-order valence-electron chi connectivity index (χ4n) is 1.79. The number of hydrogen-bond donors (Lipinski definition) is 2. The van der Waals surface area contributed by atoms with E-state index in [1.807, 2.05) is 0 Å². The van der Waals surface area contributed by atoms with Crippen molar-refractivity contribution in [3.8, 4) is 0 Å². The molecule has 0 radical (unpaired) electrons. The van der Waals surface area contributed by atoms with E-state index in [0.717, 1.165) is 19.4 Å². The summed E-state index contributed by atoms with van der Waals surface area (Å²) in [6.45, 7) is 2.36. The molecule has 0 spiro atoms. The van der Waals surface area contributed by atoms with Crippen LogP contribution in [0.25, 0.3) is 0 Å².